The first-order valence-corrected chi connectivity index (χ1v) is 7.02. The number of rotatable bonds is 6. The molecule has 2 N–H and O–H groups in total. The first-order chi connectivity index (χ1) is 9.13. The Balaban J connectivity index is 2.21. The monoisotopic (exact) mass is 299 g/mol. The lowest BCUT2D eigenvalue weighted by atomic mass is 10.2. The van der Waals surface area contributed by atoms with Gasteiger partial charge in [0.2, 0.25) is 5.91 Å². The molecule has 0 saturated heterocycles. The van der Waals surface area contributed by atoms with Crippen molar-refractivity contribution in [3.63, 3.8) is 0 Å². The molecule has 1 aromatic heterocycles. The van der Waals surface area contributed by atoms with Gasteiger partial charge in [-0.25, -0.2) is 4.98 Å². The molecule has 0 saturated carbocycles. The molecule has 0 aliphatic carbocycles. The van der Waals surface area contributed by atoms with Crippen LogP contribution in [0.25, 0.3) is 11.0 Å². The highest BCUT2D eigenvalue weighted by Crippen LogP contribution is 2.25. The maximum atomic E-state index is 10.7. The van der Waals surface area contributed by atoms with E-state index in [4.69, 9.17) is 28.9 Å². The van der Waals surface area contributed by atoms with E-state index in [2.05, 4.69) is 9.55 Å². The molecule has 0 unspecified atom stereocenters. The molecule has 19 heavy (non-hydrogen) atoms. The zero-order valence-electron chi connectivity index (χ0n) is 10.4. The van der Waals surface area contributed by atoms with E-state index in [1.165, 1.54) is 0 Å². The largest absolute Gasteiger partial charge is 0.370 e. The molecule has 0 aliphatic heterocycles. The van der Waals surface area contributed by atoms with Gasteiger partial charge in [0.05, 0.1) is 16.4 Å². The van der Waals surface area contributed by atoms with Crippen molar-refractivity contribution in [3.8, 4) is 0 Å². The molecule has 0 aliphatic rings. The van der Waals surface area contributed by atoms with E-state index >= 15 is 0 Å². The zero-order valence-corrected chi connectivity index (χ0v) is 11.9. The highest BCUT2D eigenvalue weighted by molar-refractivity contribution is 6.35. The van der Waals surface area contributed by atoms with Crippen LogP contribution in [-0.2, 0) is 17.2 Å². The number of aromatic nitrogens is 2. The number of nitrogens with zero attached hydrogens (tertiary/aromatic N) is 2. The Labute approximate surface area is 121 Å². The molecule has 2 rings (SSSR count). The highest BCUT2D eigenvalue weighted by atomic mass is 35.5. The number of hydrogen-bond acceptors (Lipinski definition) is 2. The van der Waals surface area contributed by atoms with Crippen molar-refractivity contribution in [1.82, 2.24) is 9.55 Å². The lowest BCUT2D eigenvalue weighted by Gasteiger charge is -2.07. The molecular formula is C13H15Cl2N3O. The van der Waals surface area contributed by atoms with Gasteiger partial charge in [-0.3, -0.25) is 4.79 Å². The van der Waals surface area contributed by atoms with Crippen molar-refractivity contribution in [2.45, 2.75) is 31.7 Å². The average molecular weight is 300 g/mol. The Hall–Kier alpha value is -1.26. The maximum absolute atomic E-state index is 10.7. The molecule has 6 heteroatoms. The van der Waals surface area contributed by atoms with Gasteiger partial charge in [0.1, 0.15) is 11.3 Å². The predicted molar refractivity (Wildman–Crippen MR) is 77.3 cm³/mol. The van der Waals surface area contributed by atoms with Gasteiger partial charge >= 0.3 is 0 Å². The third-order valence-corrected chi connectivity index (χ3v) is 3.53. The van der Waals surface area contributed by atoms with Crippen LogP contribution in [0.5, 0.6) is 0 Å². The molecule has 2 aromatic rings. The van der Waals surface area contributed by atoms with Crippen LogP contribution in [0.2, 0.25) is 5.02 Å². The second-order valence-electron chi connectivity index (χ2n) is 4.34. The van der Waals surface area contributed by atoms with Crippen LogP contribution in [0.4, 0.5) is 0 Å². The van der Waals surface area contributed by atoms with Crippen molar-refractivity contribution in [2.24, 2.45) is 5.73 Å². The summed E-state index contributed by atoms with van der Waals surface area (Å²) in [5, 5.41) is 0.625. The Morgan fingerprint density at radius 2 is 2.16 bits per heavy atom. The van der Waals surface area contributed by atoms with Crippen LogP contribution in [0, 0.1) is 0 Å². The molecule has 4 nitrogen and oxygen atoms in total. The summed E-state index contributed by atoms with van der Waals surface area (Å²) in [6, 6.07) is 5.68. The Bertz CT molecular complexity index is 595. The molecule has 0 atom stereocenters. The van der Waals surface area contributed by atoms with Gasteiger partial charge < -0.3 is 10.3 Å². The van der Waals surface area contributed by atoms with Gasteiger partial charge in [0.25, 0.3) is 0 Å². The summed E-state index contributed by atoms with van der Waals surface area (Å²) in [4.78, 5) is 15.2. The Morgan fingerprint density at radius 1 is 1.37 bits per heavy atom. The smallest absolute Gasteiger partial charge is 0.217 e. The van der Waals surface area contributed by atoms with E-state index in [-0.39, 0.29) is 5.91 Å². The number of benzene rings is 1. The van der Waals surface area contributed by atoms with Crippen LogP contribution >= 0.6 is 23.2 Å². The Kier molecular flexibility index (Phi) is 4.66. The molecule has 1 amide bonds. The Morgan fingerprint density at radius 3 is 2.84 bits per heavy atom. The fraction of sp³-hybridized carbons (Fsp3) is 0.385. The number of nitrogens with two attached hydrogens (primary N) is 1. The summed E-state index contributed by atoms with van der Waals surface area (Å²) in [5.74, 6) is 0.862. The number of aryl methyl sites for hydroxylation is 1. The first-order valence-electron chi connectivity index (χ1n) is 6.11. The summed E-state index contributed by atoms with van der Waals surface area (Å²) in [6.45, 7) is 0.756. The van der Waals surface area contributed by atoms with E-state index in [0.717, 1.165) is 36.2 Å². The number of fused-ring (bicyclic) bond motifs is 1. The molecule has 1 heterocycles. The summed E-state index contributed by atoms with van der Waals surface area (Å²) in [7, 11) is 0. The minimum atomic E-state index is -0.267. The quantitative estimate of drug-likeness (QED) is 0.658. The first kappa shape index (κ1) is 14.2. The number of alkyl halides is 1. The van der Waals surface area contributed by atoms with Crippen molar-refractivity contribution < 1.29 is 4.79 Å². The predicted octanol–water partition coefficient (Wildman–Crippen LogP) is 3.08. The molecule has 102 valence electrons. The standard InChI is InChI=1S/C13H15Cl2N3O/c14-8-12-17-13-9(15)4-3-5-10(13)18(12)7-2-1-6-11(16)19/h3-5H,1-2,6-8H2,(H2,16,19). The van der Waals surface area contributed by atoms with E-state index in [1.807, 2.05) is 18.2 Å². The number of unbranched alkanes of at least 4 members (excludes halogenated alkanes) is 1. The molecular weight excluding hydrogens is 285 g/mol. The van der Waals surface area contributed by atoms with Gasteiger partial charge in [0, 0.05) is 13.0 Å². The summed E-state index contributed by atoms with van der Waals surface area (Å²) in [6.07, 6.45) is 2.02. The summed E-state index contributed by atoms with van der Waals surface area (Å²) in [5.41, 5.74) is 6.87. The fourth-order valence-electron chi connectivity index (χ4n) is 2.08. The van der Waals surface area contributed by atoms with Gasteiger partial charge in [-0.05, 0) is 25.0 Å². The second kappa shape index (κ2) is 6.26. The minimum absolute atomic E-state index is 0.267. The fourth-order valence-corrected chi connectivity index (χ4v) is 2.50. The van der Waals surface area contributed by atoms with Crippen molar-refractivity contribution in [3.05, 3.63) is 29.0 Å². The normalized spacial score (nSPS) is 11.1. The van der Waals surface area contributed by atoms with Gasteiger partial charge in [-0.15, -0.1) is 11.6 Å². The van der Waals surface area contributed by atoms with Crippen LogP contribution in [0.15, 0.2) is 18.2 Å². The zero-order chi connectivity index (χ0) is 13.8. The third-order valence-electron chi connectivity index (χ3n) is 2.98. The van der Waals surface area contributed by atoms with Crippen molar-refractivity contribution in [1.29, 1.82) is 0 Å². The number of para-hydroxylation sites is 1. The number of imidazole rings is 1. The lowest BCUT2D eigenvalue weighted by Crippen LogP contribution is -2.10. The number of amides is 1. The van der Waals surface area contributed by atoms with E-state index in [0.29, 0.717) is 17.3 Å². The van der Waals surface area contributed by atoms with E-state index in [9.17, 15) is 4.79 Å². The van der Waals surface area contributed by atoms with Crippen molar-refractivity contribution in [2.75, 3.05) is 0 Å². The van der Waals surface area contributed by atoms with Crippen molar-refractivity contribution >= 4 is 40.1 Å². The summed E-state index contributed by atoms with van der Waals surface area (Å²) < 4.78 is 2.05. The van der Waals surface area contributed by atoms with Crippen LogP contribution < -0.4 is 5.73 Å². The number of halogens is 2. The molecule has 0 radical (unpaired) electrons. The highest BCUT2D eigenvalue weighted by Gasteiger charge is 2.11. The SMILES string of the molecule is NC(=O)CCCCn1c(CCl)nc2c(Cl)cccc21. The number of carbonyl (C=O) groups excluding carboxylic acids is 1. The lowest BCUT2D eigenvalue weighted by molar-refractivity contribution is -0.118. The third kappa shape index (κ3) is 3.19. The molecule has 0 bridgehead atoms. The molecule has 0 fully saturated rings. The maximum Gasteiger partial charge on any atom is 0.217 e. The van der Waals surface area contributed by atoms with Gasteiger partial charge in [-0.2, -0.15) is 0 Å². The number of carbonyl (C=O) groups is 1. The van der Waals surface area contributed by atoms with E-state index in [1.54, 1.807) is 0 Å². The number of hydrogen-bond donors (Lipinski definition) is 1. The molecule has 0 spiro atoms. The summed E-state index contributed by atoms with van der Waals surface area (Å²) >= 11 is 12.0. The average Bonchev–Trinajstić information content (AvgIpc) is 2.74. The van der Waals surface area contributed by atoms with Crippen LogP contribution in [-0.4, -0.2) is 15.5 Å². The second-order valence-corrected chi connectivity index (χ2v) is 5.02. The van der Waals surface area contributed by atoms with E-state index < -0.39 is 0 Å². The van der Waals surface area contributed by atoms with Crippen LogP contribution in [0.1, 0.15) is 25.1 Å². The molecule has 1 aromatic carbocycles. The minimum Gasteiger partial charge on any atom is -0.370 e. The van der Waals surface area contributed by atoms with Crippen LogP contribution in [0.3, 0.4) is 0 Å². The van der Waals surface area contributed by atoms with Gasteiger partial charge in [0.15, 0.2) is 0 Å². The van der Waals surface area contributed by atoms with Gasteiger partial charge in [-0.1, -0.05) is 17.7 Å². The topological polar surface area (TPSA) is 60.9 Å². The number of primary amides is 1.